The number of terminal acetylenes is 1. The van der Waals surface area contributed by atoms with Gasteiger partial charge in [0.2, 0.25) is 0 Å². The Morgan fingerprint density at radius 3 is 2.47 bits per heavy atom. The van der Waals surface area contributed by atoms with Gasteiger partial charge in [-0.25, -0.2) is 0 Å². The summed E-state index contributed by atoms with van der Waals surface area (Å²) in [5.74, 6) is 7.23. The van der Waals surface area contributed by atoms with Crippen LogP contribution in [-0.4, -0.2) is 16.1 Å². The molecule has 0 amide bonds. The first kappa shape index (κ1) is 13.3. The Morgan fingerprint density at radius 2 is 1.93 bits per heavy atom. The summed E-state index contributed by atoms with van der Waals surface area (Å²) in [7, 11) is 0. The van der Waals surface area contributed by atoms with Crippen molar-refractivity contribution in [1.29, 1.82) is 0 Å². The van der Waals surface area contributed by atoms with Crippen molar-refractivity contribution in [3.8, 4) is 12.3 Å². The van der Waals surface area contributed by atoms with Crippen LogP contribution in [0.25, 0.3) is 0 Å². The van der Waals surface area contributed by atoms with Crippen LogP contribution in [0.2, 0.25) is 0 Å². The van der Waals surface area contributed by atoms with E-state index >= 15 is 0 Å². The highest BCUT2D eigenvalue weighted by atomic mass is 32.2. The third-order valence-corrected chi connectivity index (χ3v) is 6.22. The maximum absolute atomic E-state index is 5.24. The van der Waals surface area contributed by atoms with Gasteiger partial charge >= 0.3 is 0 Å². The molecule has 86 valence electrons. The average Bonchev–Trinajstić information content (AvgIpc) is 2.25. The zero-order valence-electron chi connectivity index (χ0n) is 9.87. The van der Waals surface area contributed by atoms with E-state index in [1.54, 1.807) is 0 Å². The molecule has 0 aromatic carbocycles. The Bertz CT molecular complexity index is 197. The molecule has 0 N–H and O–H groups in total. The van der Waals surface area contributed by atoms with Gasteiger partial charge in [0, 0.05) is 6.42 Å². The average molecular weight is 242 g/mol. The fourth-order valence-electron chi connectivity index (χ4n) is 1.65. The van der Waals surface area contributed by atoms with Crippen molar-refractivity contribution in [1.82, 2.24) is 0 Å². The van der Waals surface area contributed by atoms with E-state index in [2.05, 4.69) is 43.3 Å². The van der Waals surface area contributed by atoms with E-state index in [-0.39, 0.29) is 0 Å². The van der Waals surface area contributed by atoms with Crippen LogP contribution in [0.3, 0.4) is 0 Å². The van der Waals surface area contributed by atoms with E-state index < -0.39 is 0 Å². The molecule has 1 aliphatic heterocycles. The molecule has 0 spiro atoms. The van der Waals surface area contributed by atoms with Crippen LogP contribution in [0, 0.1) is 24.2 Å². The van der Waals surface area contributed by atoms with Crippen molar-refractivity contribution in [2.45, 2.75) is 44.1 Å². The van der Waals surface area contributed by atoms with Gasteiger partial charge < -0.3 is 0 Å². The molecule has 1 fully saturated rings. The number of rotatable bonds is 5. The lowest BCUT2D eigenvalue weighted by Crippen LogP contribution is -2.22. The molecular weight excluding hydrogens is 220 g/mol. The topological polar surface area (TPSA) is 0 Å². The predicted molar refractivity (Wildman–Crippen MR) is 74.3 cm³/mol. The second kappa shape index (κ2) is 7.52. The Balaban J connectivity index is 2.07. The molecule has 1 saturated heterocycles. The lowest BCUT2D eigenvalue weighted by molar-refractivity contribution is 0.469. The molecule has 1 rings (SSSR count). The Morgan fingerprint density at radius 1 is 1.27 bits per heavy atom. The molecule has 0 aromatic heterocycles. The maximum atomic E-state index is 5.24. The second-order valence-electron chi connectivity index (χ2n) is 4.55. The highest BCUT2D eigenvalue weighted by Gasteiger charge is 2.23. The standard InChI is InChI=1S/C13H22S2/c1-4-5-6-7-8-13-14-9-12(10-15-13)11(2)3/h1,11-13H,5-10H2,2-3H3. The number of unbranched alkanes of at least 4 members (excludes halogenated alkanes) is 2. The minimum atomic E-state index is 0.845. The smallest absolute Gasteiger partial charge is 0.0502 e. The van der Waals surface area contributed by atoms with Gasteiger partial charge in [0.15, 0.2) is 0 Å². The van der Waals surface area contributed by atoms with Crippen molar-refractivity contribution in [2.24, 2.45) is 11.8 Å². The monoisotopic (exact) mass is 242 g/mol. The maximum Gasteiger partial charge on any atom is 0.0502 e. The van der Waals surface area contributed by atoms with E-state index in [1.165, 1.54) is 30.8 Å². The number of thioether (sulfide) groups is 2. The summed E-state index contributed by atoms with van der Waals surface area (Å²) >= 11 is 4.34. The molecule has 1 aliphatic rings. The van der Waals surface area contributed by atoms with Gasteiger partial charge in [-0.3, -0.25) is 0 Å². The Hall–Kier alpha value is 0.260. The largest absolute Gasteiger partial charge is 0.147 e. The highest BCUT2D eigenvalue weighted by molar-refractivity contribution is 8.17. The first-order valence-corrected chi connectivity index (χ1v) is 8.00. The quantitative estimate of drug-likeness (QED) is 0.522. The van der Waals surface area contributed by atoms with Crippen molar-refractivity contribution in [3.05, 3.63) is 0 Å². The number of hydrogen-bond acceptors (Lipinski definition) is 2. The molecule has 1 heterocycles. The minimum Gasteiger partial charge on any atom is -0.147 e. The molecule has 0 unspecified atom stereocenters. The lowest BCUT2D eigenvalue weighted by atomic mass is 10.0. The van der Waals surface area contributed by atoms with Crippen LogP contribution in [-0.2, 0) is 0 Å². The van der Waals surface area contributed by atoms with E-state index in [1.807, 2.05) is 0 Å². The summed E-state index contributed by atoms with van der Waals surface area (Å²) in [5.41, 5.74) is 0. The Kier molecular flexibility index (Phi) is 6.68. The SMILES string of the molecule is C#CCCCCC1SCC(C(C)C)CS1. The van der Waals surface area contributed by atoms with Gasteiger partial charge in [-0.1, -0.05) is 20.3 Å². The summed E-state index contributed by atoms with van der Waals surface area (Å²) in [5, 5.41) is 0. The van der Waals surface area contributed by atoms with Gasteiger partial charge in [0.05, 0.1) is 4.58 Å². The normalized spacial score (nSPS) is 26.5. The molecule has 0 bridgehead atoms. The van der Waals surface area contributed by atoms with Crippen molar-refractivity contribution in [2.75, 3.05) is 11.5 Å². The zero-order chi connectivity index (χ0) is 11.1. The highest BCUT2D eigenvalue weighted by Crippen LogP contribution is 2.38. The van der Waals surface area contributed by atoms with Crippen LogP contribution in [0.5, 0.6) is 0 Å². The van der Waals surface area contributed by atoms with Crippen LogP contribution >= 0.6 is 23.5 Å². The van der Waals surface area contributed by atoms with Gasteiger partial charge in [-0.2, -0.15) is 0 Å². The van der Waals surface area contributed by atoms with Crippen LogP contribution in [0.4, 0.5) is 0 Å². The third kappa shape index (κ3) is 5.22. The molecule has 0 saturated carbocycles. The molecule has 0 atom stereocenters. The van der Waals surface area contributed by atoms with E-state index in [0.29, 0.717) is 0 Å². The van der Waals surface area contributed by atoms with E-state index in [4.69, 9.17) is 6.42 Å². The Labute approximate surface area is 103 Å². The molecule has 0 aromatic rings. The van der Waals surface area contributed by atoms with E-state index in [9.17, 15) is 0 Å². The van der Waals surface area contributed by atoms with Gasteiger partial charge in [0.1, 0.15) is 0 Å². The third-order valence-electron chi connectivity index (χ3n) is 2.95. The molecule has 15 heavy (non-hydrogen) atoms. The molecule has 0 radical (unpaired) electrons. The summed E-state index contributed by atoms with van der Waals surface area (Å²) in [6.45, 7) is 4.69. The van der Waals surface area contributed by atoms with Crippen LogP contribution in [0.15, 0.2) is 0 Å². The molecule has 0 aliphatic carbocycles. The molecule has 2 heteroatoms. The summed E-state index contributed by atoms with van der Waals surface area (Å²) in [4.78, 5) is 0. The van der Waals surface area contributed by atoms with Crippen molar-refractivity contribution < 1.29 is 0 Å². The van der Waals surface area contributed by atoms with Crippen LogP contribution in [0.1, 0.15) is 39.5 Å². The van der Waals surface area contributed by atoms with Gasteiger partial charge in [-0.05, 0) is 36.2 Å². The van der Waals surface area contributed by atoms with Crippen LogP contribution < -0.4 is 0 Å². The van der Waals surface area contributed by atoms with Gasteiger partial charge in [-0.15, -0.1) is 35.9 Å². The lowest BCUT2D eigenvalue weighted by Gasteiger charge is -2.30. The first-order chi connectivity index (χ1) is 7.24. The summed E-state index contributed by atoms with van der Waals surface area (Å²) in [6.07, 6.45) is 10.1. The molecule has 0 nitrogen and oxygen atoms in total. The van der Waals surface area contributed by atoms with Gasteiger partial charge in [0.25, 0.3) is 0 Å². The number of hydrogen-bond donors (Lipinski definition) is 0. The fourth-order valence-corrected chi connectivity index (χ4v) is 5.25. The predicted octanol–water partition coefficient (Wildman–Crippen LogP) is 4.26. The fraction of sp³-hybridized carbons (Fsp3) is 0.846. The zero-order valence-corrected chi connectivity index (χ0v) is 11.5. The first-order valence-electron chi connectivity index (χ1n) is 5.90. The second-order valence-corrected chi connectivity index (χ2v) is 7.32. The van der Waals surface area contributed by atoms with E-state index in [0.717, 1.165) is 22.8 Å². The van der Waals surface area contributed by atoms with Crippen molar-refractivity contribution in [3.63, 3.8) is 0 Å². The summed E-state index contributed by atoms with van der Waals surface area (Å²) < 4.78 is 0.845. The van der Waals surface area contributed by atoms with Crippen molar-refractivity contribution >= 4 is 23.5 Å². The molecular formula is C13H22S2. The minimum absolute atomic E-state index is 0.845. The summed E-state index contributed by atoms with van der Waals surface area (Å²) in [6, 6.07) is 0.